The van der Waals surface area contributed by atoms with Crippen LogP contribution < -0.4 is 10.7 Å². The summed E-state index contributed by atoms with van der Waals surface area (Å²) >= 11 is 5.36. The first kappa shape index (κ1) is 16.8. The van der Waals surface area contributed by atoms with Crippen LogP contribution in [0.2, 0.25) is 0 Å². The van der Waals surface area contributed by atoms with Gasteiger partial charge in [0.25, 0.3) is 0 Å². The number of rotatable bonds is 3. The Morgan fingerprint density at radius 2 is 2.09 bits per heavy atom. The summed E-state index contributed by atoms with van der Waals surface area (Å²) in [5.41, 5.74) is 4.55. The van der Waals surface area contributed by atoms with Gasteiger partial charge >= 0.3 is 6.03 Å². The molecule has 0 spiro atoms. The molecule has 0 saturated carbocycles. The highest BCUT2D eigenvalue weighted by Gasteiger charge is 2.06. The van der Waals surface area contributed by atoms with E-state index in [0.29, 0.717) is 9.13 Å². The number of hydrazone groups is 1. The van der Waals surface area contributed by atoms with E-state index in [4.69, 9.17) is 0 Å². The lowest BCUT2D eigenvalue weighted by molar-refractivity contribution is 0.252. The number of carbonyl (C=O) groups is 1. The monoisotopic (exact) mass is 473 g/mol. The number of hydrogen-bond donors (Lipinski definition) is 3. The molecule has 0 saturated heterocycles. The van der Waals surface area contributed by atoms with Gasteiger partial charge in [-0.15, -0.1) is 0 Å². The van der Waals surface area contributed by atoms with Crippen LogP contribution >= 0.6 is 38.5 Å². The Labute approximate surface area is 150 Å². The van der Waals surface area contributed by atoms with Crippen molar-refractivity contribution < 1.29 is 9.90 Å². The number of phenols is 1. The molecule has 5 nitrogen and oxygen atoms in total. The van der Waals surface area contributed by atoms with Gasteiger partial charge in [-0.2, -0.15) is 5.10 Å². The smallest absolute Gasteiger partial charge is 0.339 e. The lowest BCUT2D eigenvalue weighted by Crippen LogP contribution is -2.24. The first-order valence-corrected chi connectivity index (χ1v) is 8.18. The predicted molar refractivity (Wildman–Crippen MR) is 99.5 cm³/mol. The summed E-state index contributed by atoms with van der Waals surface area (Å²) in [6.07, 6.45) is 1.39. The van der Waals surface area contributed by atoms with Crippen LogP contribution in [0.5, 0.6) is 5.75 Å². The number of benzene rings is 2. The highest BCUT2D eigenvalue weighted by molar-refractivity contribution is 14.1. The van der Waals surface area contributed by atoms with Gasteiger partial charge in [-0.25, -0.2) is 10.2 Å². The van der Waals surface area contributed by atoms with Gasteiger partial charge in [-0.1, -0.05) is 34.1 Å². The fourth-order valence-corrected chi connectivity index (χ4v) is 3.26. The minimum atomic E-state index is -0.449. The largest absolute Gasteiger partial charge is 0.506 e. The molecule has 0 fully saturated rings. The normalized spacial score (nSPS) is 10.7. The fraction of sp³-hybridized carbons (Fsp3) is 0.0667. The molecule has 0 aliphatic heterocycles. The summed E-state index contributed by atoms with van der Waals surface area (Å²) in [6.45, 7) is 1.90. The molecule has 0 aliphatic rings. The Bertz CT molecular complexity index is 735. The number of anilines is 1. The molecule has 2 aromatic rings. The van der Waals surface area contributed by atoms with Crippen molar-refractivity contribution in [1.29, 1.82) is 0 Å². The van der Waals surface area contributed by atoms with Gasteiger partial charge in [0, 0.05) is 15.7 Å². The third kappa shape index (κ3) is 4.44. The lowest BCUT2D eigenvalue weighted by Gasteiger charge is -2.07. The van der Waals surface area contributed by atoms with Crippen molar-refractivity contribution >= 4 is 56.5 Å². The number of amides is 2. The van der Waals surface area contributed by atoms with E-state index in [1.54, 1.807) is 18.2 Å². The molecule has 0 radical (unpaired) electrons. The molecule has 22 heavy (non-hydrogen) atoms. The molecule has 3 N–H and O–H groups in total. The van der Waals surface area contributed by atoms with Crippen LogP contribution in [-0.2, 0) is 0 Å². The van der Waals surface area contributed by atoms with Crippen molar-refractivity contribution in [3.05, 3.63) is 55.6 Å². The summed E-state index contributed by atoms with van der Waals surface area (Å²) in [5, 5.41) is 16.4. The molecule has 114 valence electrons. The number of aryl methyl sites for hydroxylation is 1. The zero-order valence-corrected chi connectivity index (χ0v) is 15.3. The quantitative estimate of drug-likeness (QED) is 0.354. The molecule has 2 aromatic carbocycles. The van der Waals surface area contributed by atoms with Crippen molar-refractivity contribution in [2.45, 2.75) is 6.92 Å². The van der Waals surface area contributed by atoms with Crippen molar-refractivity contribution in [1.82, 2.24) is 5.43 Å². The van der Waals surface area contributed by atoms with E-state index in [1.165, 1.54) is 6.21 Å². The second-order valence-corrected chi connectivity index (χ2v) is 6.54. The summed E-state index contributed by atoms with van der Waals surface area (Å²) < 4.78 is 1.51. The minimum Gasteiger partial charge on any atom is -0.506 e. The second kappa shape index (κ2) is 7.59. The van der Waals surface area contributed by atoms with Crippen LogP contribution in [0.4, 0.5) is 10.5 Å². The van der Waals surface area contributed by atoms with Gasteiger partial charge in [-0.3, -0.25) is 0 Å². The number of halogens is 2. The van der Waals surface area contributed by atoms with Crippen molar-refractivity contribution in [3.63, 3.8) is 0 Å². The number of hydrogen-bond acceptors (Lipinski definition) is 3. The molecule has 0 aliphatic carbocycles. The minimum absolute atomic E-state index is 0.119. The van der Waals surface area contributed by atoms with Crippen LogP contribution in [0.1, 0.15) is 11.1 Å². The summed E-state index contributed by atoms with van der Waals surface area (Å²) in [7, 11) is 0. The number of phenolic OH excluding ortho intramolecular Hbond substituents is 1. The number of urea groups is 1. The summed E-state index contributed by atoms with van der Waals surface area (Å²) in [5.74, 6) is 0.119. The topological polar surface area (TPSA) is 73.7 Å². The van der Waals surface area contributed by atoms with Crippen molar-refractivity contribution in [2.75, 3.05) is 5.32 Å². The molecule has 0 atom stereocenters. The Kier molecular flexibility index (Phi) is 5.78. The molecular weight excluding hydrogens is 461 g/mol. The highest BCUT2D eigenvalue weighted by Crippen LogP contribution is 2.27. The summed E-state index contributed by atoms with van der Waals surface area (Å²) in [4.78, 5) is 11.8. The van der Waals surface area contributed by atoms with E-state index in [1.807, 2.05) is 47.7 Å². The Balaban J connectivity index is 2.01. The van der Waals surface area contributed by atoms with E-state index in [0.717, 1.165) is 15.7 Å². The molecule has 0 heterocycles. The number of nitrogens with one attached hydrogen (secondary N) is 2. The number of nitrogens with zero attached hydrogens (tertiary/aromatic N) is 1. The van der Waals surface area contributed by atoms with Crippen LogP contribution in [0, 0.1) is 10.5 Å². The number of aromatic hydroxyl groups is 1. The van der Waals surface area contributed by atoms with Crippen LogP contribution in [0.25, 0.3) is 0 Å². The number of para-hydroxylation sites is 1. The van der Waals surface area contributed by atoms with Gasteiger partial charge < -0.3 is 10.4 Å². The van der Waals surface area contributed by atoms with E-state index in [2.05, 4.69) is 31.8 Å². The van der Waals surface area contributed by atoms with Gasteiger partial charge in [0.1, 0.15) is 5.75 Å². The van der Waals surface area contributed by atoms with Gasteiger partial charge in [0.2, 0.25) is 0 Å². The van der Waals surface area contributed by atoms with Crippen LogP contribution in [0.15, 0.2) is 46.0 Å². The fourth-order valence-electron chi connectivity index (χ4n) is 1.71. The number of carbonyl (C=O) groups excluding carboxylic acids is 1. The summed E-state index contributed by atoms with van der Waals surface area (Å²) in [6, 6.07) is 10.5. The molecule has 0 bridgehead atoms. The van der Waals surface area contributed by atoms with Gasteiger partial charge in [-0.05, 0) is 53.3 Å². The van der Waals surface area contributed by atoms with Crippen molar-refractivity contribution in [3.8, 4) is 5.75 Å². The maximum absolute atomic E-state index is 11.8. The third-order valence-corrected chi connectivity index (χ3v) is 4.10. The predicted octanol–water partition coefficient (Wildman–Crippen LogP) is 4.22. The molecule has 0 unspecified atom stereocenters. The molecular formula is C15H13BrIN3O2. The third-order valence-electron chi connectivity index (χ3n) is 2.82. The average Bonchev–Trinajstić information content (AvgIpc) is 2.46. The molecule has 2 rings (SSSR count). The zero-order chi connectivity index (χ0) is 16.1. The van der Waals surface area contributed by atoms with E-state index >= 15 is 0 Å². The maximum atomic E-state index is 11.8. The first-order chi connectivity index (χ1) is 10.5. The van der Waals surface area contributed by atoms with Crippen molar-refractivity contribution in [2.24, 2.45) is 5.10 Å². The SMILES string of the molecule is Cc1ccccc1NC(=O)N/N=C/c1cc(Br)cc(I)c1O. The van der Waals surface area contributed by atoms with Crippen LogP contribution in [-0.4, -0.2) is 17.4 Å². The molecule has 0 aromatic heterocycles. The maximum Gasteiger partial charge on any atom is 0.339 e. The Hall–Kier alpha value is -1.61. The Morgan fingerprint density at radius 3 is 2.82 bits per heavy atom. The first-order valence-electron chi connectivity index (χ1n) is 6.31. The standard InChI is InChI=1S/C15H13BrIN3O2/c1-9-4-2-3-5-13(9)19-15(22)20-18-8-10-6-11(16)7-12(17)14(10)21/h2-8,21H,1H3,(H2,19,20,22)/b18-8+. The zero-order valence-electron chi connectivity index (χ0n) is 11.6. The van der Waals surface area contributed by atoms with Gasteiger partial charge in [0.05, 0.1) is 9.78 Å². The highest BCUT2D eigenvalue weighted by atomic mass is 127. The Morgan fingerprint density at radius 1 is 1.36 bits per heavy atom. The molecule has 7 heteroatoms. The van der Waals surface area contributed by atoms with E-state index in [-0.39, 0.29) is 5.75 Å². The second-order valence-electron chi connectivity index (χ2n) is 4.46. The van der Waals surface area contributed by atoms with Crippen LogP contribution in [0.3, 0.4) is 0 Å². The lowest BCUT2D eigenvalue weighted by atomic mass is 10.2. The van der Waals surface area contributed by atoms with E-state index in [9.17, 15) is 9.90 Å². The molecule has 2 amide bonds. The van der Waals surface area contributed by atoms with E-state index < -0.39 is 6.03 Å². The average molecular weight is 474 g/mol. The van der Waals surface area contributed by atoms with Gasteiger partial charge in [0.15, 0.2) is 0 Å².